The largest absolute Gasteiger partial charge is 0.493 e. The number of benzene rings is 1. The van der Waals surface area contributed by atoms with Gasteiger partial charge in [0, 0.05) is 12.6 Å². The molecule has 0 spiro atoms. The van der Waals surface area contributed by atoms with E-state index in [1.54, 1.807) is 6.07 Å². The summed E-state index contributed by atoms with van der Waals surface area (Å²) in [6, 6.07) is 3.21. The molecule has 1 heterocycles. The third kappa shape index (κ3) is 2.11. The Morgan fingerprint density at radius 3 is 2.47 bits per heavy atom. The van der Waals surface area contributed by atoms with Crippen LogP contribution in [-0.2, 0) is 10.2 Å². The molecule has 0 bridgehead atoms. The molecule has 104 valence electrons. The minimum absolute atomic E-state index is 0.115. The predicted molar refractivity (Wildman–Crippen MR) is 67.8 cm³/mol. The van der Waals surface area contributed by atoms with E-state index in [1.165, 1.54) is 20.3 Å². The maximum atomic E-state index is 11.1. The van der Waals surface area contributed by atoms with Gasteiger partial charge in [-0.2, -0.15) is 0 Å². The Bertz CT molecular complexity index is 494. The number of hydrogen-bond acceptors (Lipinski definition) is 6. The lowest BCUT2D eigenvalue weighted by molar-refractivity contribution is -0.385. The molecule has 7 nitrogen and oxygen atoms in total. The van der Waals surface area contributed by atoms with Gasteiger partial charge in [0.25, 0.3) is 0 Å². The van der Waals surface area contributed by atoms with Crippen molar-refractivity contribution in [1.82, 2.24) is 0 Å². The number of nitrogens with zero attached hydrogens (tertiary/aromatic N) is 1. The van der Waals surface area contributed by atoms with Crippen LogP contribution in [0, 0.1) is 10.1 Å². The predicted octanol–water partition coefficient (Wildman–Crippen LogP) is 0.839. The van der Waals surface area contributed by atoms with Crippen LogP contribution in [0.5, 0.6) is 11.5 Å². The number of nitrogens with two attached hydrogens (primary N) is 1. The van der Waals surface area contributed by atoms with Gasteiger partial charge in [-0.05, 0) is 11.6 Å². The van der Waals surface area contributed by atoms with Crippen LogP contribution in [0.1, 0.15) is 5.56 Å². The van der Waals surface area contributed by atoms with E-state index >= 15 is 0 Å². The number of methoxy groups -OCH3 is 2. The first-order chi connectivity index (χ1) is 9.07. The van der Waals surface area contributed by atoms with Gasteiger partial charge in [0.2, 0.25) is 5.75 Å². The first-order valence-corrected chi connectivity index (χ1v) is 5.76. The summed E-state index contributed by atoms with van der Waals surface area (Å²) in [4.78, 5) is 10.6. The van der Waals surface area contributed by atoms with Crippen LogP contribution in [0.25, 0.3) is 0 Å². The second kappa shape index (κ2) is 5.02. The van der Waals surface area contributed by atoms with Gasteiger partial charge in [-0.15, -0.1) is 0 Å². The summed E-state index contributed by atoms with van der Waals surface area (Å²) in [5.74, 6) is 0.440. The highest BCUT2D eigenvalue weighted by molar-refractivity contribution is 5.59. The lowest BCUT2D eigenvalue weighted by Gasteiger charge is -2.41. The molecule has 1 aromatic carbocycles. The Morgan fingerprint density at radius 1 is 1.42 bits per heavy atom. The maximum Gasteiger partial charge on any atom is 0.315 e. The van der Waals surface area contributed by atoms with Gasteiger partial charge in [-0.1, -0.05) is 0 Å². The molecule has 2 rings (SSSR count). The third-order valence-corrected chi connectivity index (χ3v) is 3.42. The monoisotopic (exact) mass is 268 g/mol. The van der Waals surface area contributed by atoms with Crippen molar-refractivity contribution in [3.63, 3.8) is 0 Å². The number of ether oxygens (including phenoxy) is 3. The second-order valence-electron chi connectivity index (χ2n) is 4.47. The van der Waals surface area contributed by atoms with Crippen molar-refractivity contribution in [2.24, 2.45) is 5.73 Å². The van der Waals surface area contributed by atoms with Crippen LogP contribution in [0.2, 0.25) is 0 Å². The van der Waals surface area contributed by atoms with E-state index in [9.17, 15) is 10.1 Å². The zero-order valence-corrected chi connectivity index (χ0v) is 10.8. The molecule has 7 heteroatoms. The van der Waals surface area contributed by atoms with E-state index in [0.29, 0.717) is 25.5 Å². The van der Waals surface area contributed by atoms with Crippen molar-refractivity contribution >= 4 is 5.69 Å². The standard InChI is InChI=1S/C12H16N2O5/c1-17-10-4-8(12(5-13)6-19-7-12)3-9(14(15)16)11(10)18-2/h3-4H,5-7,13H2,1-2H3. The summed E-state index contributed by atoms with van der Waals surface area (Å²) in [5, 5.41) is 11.1. The van der Waals surface area contributed by atoms with E-state index in [2.05, 4.69) is 0 Å². The summed E-state index contributed by atoms with van der Waals surface area (Å²) in [6.45, 7) is 1.27. The molecule has 0 aliphatic carbocycles. The van der Waals surface area contributed by atoms with Crippen molar-refractivity contribution in [3.8, 4) is 11.5 Å². The van der Waals surface area contributed by atoms with Crippen molar-refractivity contribution < 1.29 is 19.1 Å². The Hall–Kier alpha value is -1.86. The Balaban J connectivity index is 2.58. The number of hydrogen-bond donors (Lipinski definition) is 1. The van der Waals surface area contributed by atoms with E-state index < -0.39 is 4.92 Å². The number of nitro benzene ring substituents is 1. The summed E-state index contributed by atoms with van der Waals surface area (Å²) < 4.78 is 15.4. The van der Waals surface area contributed by atoms with E-state index in [1.807, 2.05) is 0 Å². The zero-order chi connectivity index (χ0) is 14.0. The Labute approximate surface area is 110 Å². The average molecular weight is 268 g/mol. The molecule has 1 saturated heterocycles. The van der Waals surface area contributed by atoms with E-state index in [4.69, 9.17) is 19.9 Å². The molecule has 19 heavy (non-hydrogen) atoms. The van der Waals surface area contributed by atoms with Gasteiger partial charge in [-0.25, -0.2) is 0 Å². The lowest BCUT2D eigenvalue weighted by atomic mass is 9.78. The normalized spacial score (nSPS) is 16.6. The van der Waals surface area contributed by atoms with Crippen molar-refractivity contribution in [1.29, 1.82) is 0 Å². The fraction of sp³-hybridized carbons (Fsp3) is 0.500. The van der Waals surface area contributed by atoms with Crippen LogP contribution in [0.4, 0.5) is 5.69 Å². The Kier molecular flexibility index (Phi) is 3.59. The van der Waals surface area contributed by atoms with E-state index in [0.717, 1.165) is 5.56 Å². The minimum atomic E-state index is -0.491. The lowest BCUT2D eigenvalue weighted by Crippen LogP contribution is -2.52. The highest BCUT2D eigenvalue weighted by Crippen LogP contribution is 2.42. The van der Waals surface area contributed by atoms with Gasteiger partial charge < -0.3 is 19.9 Å². The molecule has 0 unspecified atom stereocenters. The SMILES string of the molecule is COc1cc(C2(CN)COC2)cc([N+](=O)[O-])c1OC. The fourth-order valence-electron chi connectivity index (χ4n) is 2.14. The molecule has 1 fully saturated rings. The molecule has 2 N–H and O–H groups in total. The molecule has 0 atom stereocenters. The van der Waals surface area contributed by atoms with Crippen LogP contribution in [0.15, 0.2) is 12.1 Å². The zero-order valence-electron chi connectivity index (χ0n) is 10.8. The fourth-order valence-corrected chi connectivity index (χ4v) is 2.14. The van der Waals surface area contributed by atoms with Crippen LogP contribution < -0.4 is 15.2 Å². The second-order valence-corrected chi connectivity index (χ2v) is 4.47. The molecule has 0 saturated carbocycles. The Morgan fingerprint density at radius 2 is 2.11 bits per heavy atom. The molecule has 1 aliphatic heterocycles. The summed E-state index contributed by atoms with van der Waals surface area (Å²) in [6.07, 6.45) is 0. The van der Waals surface area contributed by atoms with Gasteiger partial charge in [0.05, 0.1) is 37.8 Å². The molecule has 0 radical (unpaired) electrons. The molecule has 0 aromatic heterocycles. The van der Waals surface area contributed by atoms with Gasteiger partial charge in [0.1, 0.15) is 0 Å². The highest BCUT2D eigenvalue weighted by atomic mass is 16.6. The quantitative estimate of drug-likeness (QED) is 0.627. The smallest absolute Gasteiger partial charge is 0.315 e. The van der Waals surface area contributed by atoms with E-state index in [-0.39, 0.29) is 16.9 Å². The summed E-state index contributed by atoms with van der Waals surface area (Å²) >= 11 is 0. The molecule has 0 amide bonds. The molecule has 1 aromatic rings. The molecular formula is C12H16N2O5. The number of rotatable bonds is 5. The first-order valence-electron chi connectivity index (χ1n) is 5.76. The maximum absolute atomic E-state index is 11.1. The van der Waals surface area contributed by atoms with Crippen molar-refractivity contribution in [3.05, 3.63) is 27.8 Å². The van der Waals surface area contributed by atoms with Crippen molar-refractivity contribution in [2.45, 2.75) is 5.41 Å². The van der Waals surface area contributed by atoms with Crippen LogP contribution >= 0.6 is 0 Å². The van der Waals surface area contributed by atoms with Crippen molar-refractivity contribution in [2.75, 3.05) is 34.0 Å². The third-order valence-electron chi connectivity index (χ3n) is 3.42. The average Bonchev–Trinajstić information content (AvgIpc) is 2.36. The molecule has 1 aliphatic rings. The van der Waals surface area contributed by atoms with Crippen LogP contribution in [-0.4, -0.2) is 38.9 Å². The minimum Gasteiger partial charge on any atom is -0.493 e. The van der Waals surface area contributed by atoms with Gasteiger partial charge >= 0.3 is 5.69 Å². The van der Waals surface area contributed by atoms with Gasteiger partial charge in [0.15, 0.2) is 5.75 Å². The summed E-state index contributed by atoms with van der Waals surface area (Å²) in [5.41, 5.74) is 6.01. The topological polar surface area (TPSA) is 96.9 Å². The van der Waals surface area contributed by atoms with Gasteiger partial charge in [-0.3, -0.25) is 10.1 Å². The first kappa shape index (κ1) is 13.6. The summed E-state index contributed by atoms with van der Waals surface area (Å²) in [7, 11) is 2.81. The van der Waals surface area contributed by atoms with Crippen LogP contribution in [0.3, 0.4) is 0 Å². The highest BCUT2D eigenvalue weighted by Gasteiger charge is 2.41. The number of nitro groups is 1. The molecular weight excluding hydrogens is 252 g/mol.